The Labute approximate surface area is 159 Å². The van der Waals surface area contributed by atoms with Crippen molar-refractivity contribution in [3.05, 3.63) is 0 Å². The summed E-state index contributed by atoms with van der Waals surface area (Å²) in [6.45, 7) is 8.68. The van der Waals surface area contributed by atoms with Crippen LogP contribution in [0.2, 0.25) is 9.63 Å². The van der Waals surface area contributed by atoms with Crippen LogP contribution in [-0.4, -0.2) is 33.6 Å². The molecule has 2 saturated carbocycles. The molecule has 138 valence electrons. The molecule has 2 fully saturated rings. The summed E-state index contributed by atoms with van der Waals surface area (Å²) in [5, 5.41) is 0. The Morgan fingerprint density at radius 1 is 0.696 bits per heavy atom. The first-order chi connectivity index (χ1) is 10.8. The van der Waals surface area contributed by atoms with Crippen molar-refractivity contribution in [3.8, 4) is 0 Å². The normalized spacial score (nSPS) is 34.1. The van der Waals surface area contributed by atoms with E-state index >= 15 is 0 Å². The van der Waals surface area contributed by atoms with Gasteiger partial charge in [-0.15, -0.1) is 0 Å². The van der Waals surface area contributed by atoms with Crippen LogP contribution in [0.15, 0.2) is 0 Å². The molecule has 0 aromatic heterocycles. The minimum absolute atomic E-state index is 0.322. The Morgan fingerprint density at radius 2 is 1.04 bits per heavy atom. The molecule has 2 aliphatic rings. The van der Waals surface area contributed by atoms with Crippen LogP contribution in [0.4, 0.5) is 0 Å². The first kappa shape index (κ1) is 20.7. The topological polar surface area (TPSA) is 18.5 Å². The monoisotopic (exact) mass is 520 g/mol. The maximum absolute atomic E-state index is 6.34. The van der Waals surface area contributed by atoms with Gasteiger partial charge < -0.3 is 0 Å². The van der Waals surface area contributed by atoms with Gasteiger partial charge in [0.25, 0.3) is 0 Å². The first-order valence-corrected chi connectivity index (χ1v) is 19.3. The summed E-state index contributed by atoms with van der Waals surface area (Å²) in [7, 11) is -2.00. The second-order valence-electron chi connectivity index (χ2n) is 7.64. The van der Waals surface area contributed by atoms with Gasteiger partial charge in [-0.05, 0) is 0 Å². The summed E-state index contributed by atoms with van der Waals surface area (Å²) in [6.07, 6.45) is 11.9. The fourth-order valence-corrected chi connectivity index (χ4v) is 18.5. The van der Waals surface area contributed by atoms with E-state index < -0.39 is 9.23 Å². The summed E-state index contributed by atoms with van der Waals surface area (Å²) < 4.78 is 12.7. The third-order valence-corrected chi connectivity index (χ3v) is 20.6. The van der Waals surface area contributed by atoms with Crippen LogP contribution in [0.1, 0.15) is 79.1 Å². The van der Waals surface area contributed by atoms with Crippen molar-refractivity contribution in [1.29, 1.82) is 0 Å². The van der Waals surface area contributed by atoms with Crippen molar-refractivity contribution in [2.24, 2.45) is 0 Å². The minimum atomic E-state index is -2.00. The van der Waals surface area contributed by atoms with Crippen LogP contribution in [0.3, 0.4) is 0 Å². The fourth-order valence-electron chi connectivity index (χ4n) is 4.08. The van der Waals surface area contributed by atoms with Gasteiger partial charge in [0.2, 0.25) is 0 Å². The van der Waals surface area contributed by atoms with Gasteiger partial charge in [-0.2, -0.15) is 0 Å². The molecule has 2 rings (SSSR count). The average Bonchev–Trinajstić information content (AvgIpc) is 2.46. The third kappa shape index (κ3) is 5.69. The predicted octanol–water partition coefficient (Wildman–Crippen LogP) is 6.69. The molecule has 0 unspecified atom stereocenters. The summed E-state index contributed by atoms with van der Waals surface area (Å²) in [5.74, 6) is 0. The van der Waals surface area contributed by atoms with Gasteiger partial charge in [0, 0.05) is 0 Å². The Kier molecular flexibility index (Phi) is 8.44. The number of halogens is 2. The SMILES string of the molecule is CC(C)O[C@H]1CCCC[C@@H]1[Se](Br)(Br)[C@@H]1CCCC[C@H]1OC(C)C. The van der Waals surface area contributed by atoms with Crippen molar-refractivity contribution in [2.75, 3.05) is 0 Å². The second kappa shape index (κ2) is 9.37. The number of ether oxygens (including phenoxy) is 2. The molecule has 0 radical (unpaired) electrons. The van der Waals surface area contributed by atoms with Crippen LogP contribution in [0, 0.1) is 0 Å². The summed E-state index contributed by atoms with van der Waals surface area (Å²) in [6, 6.07) is 0. The average molecular weight is 521 g/mol. The molecule has 0 heterocycles. The second-order valence-corrected chi connectivity index (χ2v) is 28.1. The van der Waals surface area contributed by atoms with Gasteiger partial charge in [0.15, 0.2) is 0 Å². The molecule has 5 heteroatoms. The third-order valence-electron chi connectivity index (χ3n) is 4.99. The molecular formula is C18H34Br2O2Se. The van der Waals surface area contributed by atoms with Crippen LogP contribution in [-0.2, 0) is 9.47 Å². The molecule has 0 spiro atoms. The Bertz CT molecular complexity index is 331. The molecule has 0 N–H and O–H groups in total. The van der Waals surface area contributed by atoms with Crippen LogP contribution in [0.25, 0.3) is 0 Å². The molecule has 0 saturated heterocycles. The molecule has 0 aromatic rings. The zero-order valence-corrected chi connectivity index (χ0v) is 20.0. The molecule has 0 aliphatic heterocycles. The zero-order valence-electron chi connectivity index (χ0n) is 15.1. The van der Waals surface area contributed by atoms with E-state index in [9.17, 15) is 0 Å². The van der Waals surface area contributed by atoms with E-state index in [1.807, 2.05) is 0 Å². The van der Waals surface area contributed by atoms with E-state index in [4.69, 9.17) is 9.47 Å². The summed E-state index contributed by atoms with van der Waals surface area (Å²) >= 11 is 8.56. The quantitative estimate of drug-likeness (QED) is 0.363. The van der Waals surface area contributed by atoms with E-state index in [0.717, 1.165) is 0 Å². The van der Waals surface area contributed by atoms with Gasteiger partial charge in [0.1, 0.15) is 0 Å². The van der Waals surface area contributed by atoms with E-state index in [1.54, 1.807) is 0 Å². The molecule has 4 atom stereocenters. The van der Waals surface area contributed by atoms with Gasteiger partial charge in [-0.1, -0.05) is 0 Å². The van der Waals surface area contributed by atoms with E-state index in [0.29, 0.717) is 34.0 Å². The number of hydrogen-bond acceptors (Lipinski definition) is 2. The van der Waals surface area contributed by atoms with Crippen molar-refractivity contribution >= 4 is 37.4 Å². The molecule has 2 aliphatic carbocycles. The van der Waals surface area contributed by atoms with Crippen molar-refractivity contribution < 1.29 is 9.47 Å². The van der Waals surface area contributed by atoms with Crippen molar-refractivity contribution in [2.45, 2.75) is 113 Å². The van der Waals surface area contributed by atoms with Gasteiger partial charge in [-0.3, -0.25) is 0 Å². The first-order valence-electron chi connectivity index (χ1n) is 9.33. The zero-order chi connectivity index (χ0) is 17.0. The van der Waals surface area contributed by atoms with E-state index in [1.165, 1.54) is 51.4 Å². The number of rotatable bonds is 6. The summed E-state index contributed by atoms with van der Waals surface area (Å²) in [5.41, 5.74) is 0. The molecule has 23 heavy (non-hydrogen) atoms. The number of hydrogen-bond donors (Lipinski definition) is 0. The Balaban J connectivity index is 2.15. The summed E-state index contributed by atoms with van der Waals surface area (Å²) in [4.78, 5) is 1.34. The molecular weight excluding hydrogens is 487 g/mol. The van der Waals surface area contributed by atoms with Crippen LogP contribution in [0.5, 0.6) is 0 Å². The molecule has 0 amide bonds. The Hall–Kier alpha value is 1.40. The van der Waals surface area contributed by atoms with E-state index in [2.05, 4.69) is 55.9 Å². The van der Waals surface area contributed by atoms with Gasteiger partial charge >= 0.3 is 160 Å². The maximum atomic E-state index is 6.34. The fraction of sp³-hybridized carbons (Fsp3) is 1.00. The van der Waals surface area contributed by atoms with Crippen molar-refractivity contribution in [1.82, 2.24) is 0 Å². The van der Waals surface area contributed by atoms with Crippen LogP contribution >= 0.6 is 28.2 Å². The van der Waals surface area contributed by atoms with Crippen molar-refractivity contribution in [3.63, 3.8) is 0 Å². The molecule has 0 bridgehead atoms. The molecule has 2 nitrogen and oxygen atoms in total. The van der Waals surface area contributed by atoms with E-state index in [-0.39, 0.29) is 0 Å². The molecule has 0 aromatic carbocycles. The standard InChI is InChI=1S/C18H34Br2O2Se/c1-13(2)21-15-9-5-7-11-17(15)23(19,20)18-12-8-6-10-16(18)22-14(3)4/h13-18H,5-12H2,1-4H3/t15-,16+,17-,18+. The predicted molar refractivity (Wildman–Crippen MR) is 108 cm³/mol. The van der Waals surface area contributed by atoms with Gasteiger partial charge in [0.05, 0.1) is 0 Å². The van der Waals surface area contributed by atoms with Gasteiger partial charge in [-0.25, -0.2) is 0 Å². The Morgan fingerprint density at radius 3 is 1.39 bits per heavy atom. The van der Waals surface area contributed by atoms with Crippen LogP contribution < -0.4 is 0 Å².